The van der Waals surface area contributed by atoms with Crippen molar-refractivity contribution in [2.75, 3.05) is 19.8 Å². The molecule has 4 aliphatic carbocycles. The fourth-order valence-corrected chi connectivity index (χ4v) is 14.2. The number of aliphatic hydroxyl groups excluding tert-OH is 9. The average Bonchev–Trinajstić information content (AvgIpc) is 3.70. The van der Waals surface area contributed by atoms with Gasteiger partial charge in [-0.15, -0.1) is 0 Å². The van der Waals surface area contributed by atoms with Crippen LogP contribution >= 0.6 is 0 Å². The van der Waals surface area contributed by atoms with Crippen LogP contribution in [0.1, 0.15) is 92.4 Å². The first-order valence-electron chi connectivity index (χ1n) is 23.5. The number of hydrogen-bond acceptors (Lipinski definition) is 17. The van der Waals surface area contributed by atoms with Crippen LogP contribution in [-0.2, 0) is 33.2 Å². The number of fused-ring (bicyclic) bond motifs is 7. The first-order valence-corrected chi connectivity index (χ1v) is 23.5. The maximum Gasteiger partial charge on any atom is 0.187 e. The summed E-state index contributed by atoms with van der Waals surface area (Å²) in [5.41, 5.74) is 1.35. The summed E-state index contributed by atoms with van der Waals surface area (Å²) in [5.74, 6) is 3.36. The Balaban J connectivity index is 0.917. The zero-order chi connectivity index (χ0) is 44.2. The van der Waals surface area contributed by atoms with Crippen molar-refractivity contribution in [2.45, 2.75) is 202 Å². The van der Waals surface area contributed by atoms with Crippen molar-refractivity contribution in [1.82, 2.24) is 5.32 Å². The van der Waals surface area contributed by atoms with Crippen LogP contribution in [0.2, 0.25) is 0 Å². The van der Waals surface area contributed by atoms with Gasteiger partial charge < -0.3 is 79.1 Å². The van der Waals surface area contributed by atoms with Crippen LogP contribution in [-0.4, -0.2) is 176 Å². The third kappa shape index (κ3) is 7.49. The van der Waals surface area contributed by atoms with E-state index < -0.39 is 105 Å². The number of rotatable bonds is 8. The minimum Gasteiger partial charge on any atom is -0.394 e. The standard InChI is InChI=1S/C45H73NO16/c1-19-8-13-45(46-16-19)20(2)30-27(62-45)15-26-24-7-6-22-14-23(9-11-43(22,4)25(24)10-12-44(26,30)5)57-42-39(61-40-35(53)33(51)31(49)21(3)56-40)37(55)38(29(18-48)59-42)60-41-36(54)34(52)32(50)28(17-47)58-41/h6,19-21,23-42,46-55H,7-18H2,1-5H3/t19-,20-,21-,23-,24+,25-,26-,27-,28+,29+,30-,31-,32+,33+,34-,35+,36+,37-,38+,39+,40-,41-,42+,43-,44-,45-/m0/s1. The van der Waals surface area contributed by atoms with Gasteiger partial charge in [-0.2, -0.15) is 0 Å². The van der Waals surface area contributed by atoms with Gasteiger partial charge in [-0.05, 0) is 105 Å². The maximum absolute atomic E-state index is 12.0. The van der Waals surface area contributed by atoms with Gasteiger partial charge >= 0.3 is 0 Å². The lowest BCUT2D eigenvalue weighted by molar-refractivity contribution is -0.389. The highest BCUT2D eigenvalue weighted by Crippen LogP contribution is 2.70. The molecule has 5 saturated heterocycles. The van der Waals surface area contributed by atoms with Gasteiger partial charge in [0.05, 0.1) is 31.5 Å². The molecule has 62 heavy (non-hydrogen) atoms. The molecule has 3 saturated carbocycles. The number of hydrogen-bond donors (Lipinski definition) is 10. The van der Waals surface area contributed by atoms with Gasteiger partial charge in [-0.25, -0.2) is 0 Å². The van der Waals surface area contributed by atoms with Crippen molar-refractivity contribution in [2.24, 2.45) is 46.3 Å². The van der Waals surface area contributed by atoms with E-state index in [0.29, 0.717) is 48.3 Å². The van der Waals surface area contributed by atoms with E-state index in [4.69, 9.17) is 33.2 Å². The molecule has 9 aliphatic rings. The summed E-state index contributed by atoms with van der Waals surface area (Å²) in [6, 6.07) is 0. The lowest BCUT2D eigenvalue weighted by Gasteiger charge is -2.59. The topological polar surface area (TPSA) is 259 Å². The van der Waals surface area contributed by atoms with Crippen LogP contribution in [0.25, 0.3) is 0 Å². The van der Waals surface area contributed by atoms with Crippen LogP contribution in [0.4, 0.5) is 0 Å². The summed E-state index contributed by atoms with van der Waals surface area (Å²) in [4.78, 5) is 0. The second-order valence-electron chi connectivity index (χ2n) is 21.2. The summed E-state index contributed by atoms with van der Waals surface area (Å²) in [6.07, 6.45) is -11.6. The lowest BCUT2D eigenvalue weighted by Crippen LogP contribution is -2.67. The molecule has 0 unspecified atom stereocenters. The van der Waals surface area contributed by atoms with E-state index >= 15 is 0 Å². The number of ether oxygens (including phenoxy) is 7. The summed E-state index contributed by atoms with van der Waals surface area (Å²) in [5, 5.41) is 99.6. The predicted octanol–water partition coefficient (Wildman–Crippen LogP) is -0.213. The molecule has 5 aliphatic heterocycles. The monoisotopic (exact) mass is 883 g/mol. The number of aliphatic hydroxyl groups is 9. The third-order valence-corrected chi connectivity index (χ3v) is 17.9. The van der Waals surface area contributed by atoms with Crippen molar-refractivity contribution >= 4 is 0 Å². The van der Waals surface area contributed by atoms with Crippen LogP contribution in [0.15, 0.2) is 11.6 Å². The highest BCUT2D eigenvalue weighted by molar-refractivity contribution is 5.26. The molecular weight excluding hydrogens is 810 g/mol. The molecule has 0 aromatic heterocycles. The van der Waals surface area contributed by atoms with E-state index in [0.717, 1.165) is 38.6 Å². The second-order valence-corrected chi connectivity index (χ2v) is 21.2. The molecule has 17 heteroatoms. The Hall–Kier alpha value is -0.940. The second kappa shape index (κ2) is 17.3. The molecule has 26 atom stereocenters. The first kappa shape index (κ1) is 46.2. The Kier molecular flexibility index (Phi) is 12.9. The smallest absolute Gasteiger partial charge is 0.187 e. The van der Waals surface area contributed by atoms with E-state index in [1.54, 1.807) is 0 Å². The molecule has 0 radical (unpaired) electrons. The Labute approximate surface area is 364 Å². The molecule has 10 N–H and O–H groups in total. The lowest BCUT2D eigenvalue weighted by atomic mass is 9.47. The normalized spacial score (nSPS) is 57.6. The summed E-state index contributed by atoms with van der Waals surface area (Å²) in [7, 11) is 0. The quantitative estimate of drug-likeness (QED) is 0.142. The van der Waals surface area contributed by atoms with Crippen molar-refractivity contribution in [1.29, 1.82) is 0 Å². The highest BCUT2D eigenvalue weighted by Gasteiger charge is 2.68. The Morgan fingerprint density at radius 3 is 2.06 bits per heavy atom. The molecule has 0 aromatic carbocycles. The van der Waals surface area contributed by atoms with Crippen LogP contribution in [0.5, 0.6) is 0 Å². The minimum absolute atomic E-state index is 0.0233. The molecule has 8 fully saturated rings. The van der Waals surface area contributed by atoms with Gasteiger partial charge in [0.15, 0.2) is 18.9 Å². The van der Waals surface area contributed by atoms with Crippen LogP contribution < -0.4 is 5.32 Å². The van der Waals surface area contributed by atoms with E-state index in [1.165, 1.54) is 25.3 Å². The SMILES string of the molecule is C[C@H]1CC[C@]2(NC1)O[C@H]1C[C@H]3[C@@H]4CC=C5C[C@@H](O[C@@H]6O[C@H](CO)[C@@H](O[C@@H]7O[C@H](CO)[C@@H](O)[C@H](O)[C@H]7O)[C@H](O)[C@H]6O[C@@H]6O[C@@H](C)[C@H](O)[C@@H](O)[C@H]6O)CC[C@]5(C)[C@H]4CC[C@]3(C)[C@H]1[C@@H]2C. The van der Waals surface area contributed by atoms with Gasteiger partial charge in [0, 0.05) is 12.5 Å². The van der Waals surface area contributed by atoms with Crippen molar-refractivity contribution in [3.63, 3.8) is 0 Å². The molecule has 354 valence electrons. The van der Waals surface area contributed by atoms with Crippen LogP contribution in [0.3, 0.4) is 0 Å². The van der Waals surface area contributed by atoms with Crippen molar-refractivity contribution in [3.05, 3.63) is 11.6 Å². The van der Waals surface area contributed by atoms with Gasteiger partial charge in [0.25, 0.3) is 0 Å². The average molecular weight is 884 g/mol. The molecule has 9 rings (SSSR count). The zero-order valence-corrected chi connectivity index (χ0v) is 36.7. The largest absolute Gasteiger partial charge is 0.394 e. The summed E-state index contributed by atoms with van der Waals surface area (Å²) < 4.78 is 43.5. The minimum atomic E-state index is -1.81. The molecule has 0 amide bonds. The maximum atomic E-state index is 12.0. The van der Waals surface area contributed by atoms with E-state index in [2.05, 4.69) is 39.1 Å². The summed E-state index contributed by atoms with van der Waals surface area (Å²) in [6.45, 7) is 10.9. The molecular formula is C45H73NO16. The Bertz CT molecular complexity index is 1610. The molecule has 0 bridgehead atoms. The van der Waals surface area contributed by atoms with Gasteiger partial charge in [-0.1, -0.05) is 39.3 Å². The fraction of sp³-hybridized carbons (Fsp3) is 0.956. The number of allylic oxidation sites excluding steroid dienone is 1. The van der Waals surface area contributed by atoms with Crippen molar-refractivity contribution < 1.29 is 79.1 Å². The van der Waals surface area contributed by atoms with Gasteiger partial charge in [0.1, 0.15) is 72.9 Å². The summed E-state index contributed by atoms with van der Waals surface area (Å²) >= 11 is 0. The highest BCUT2D eigenvalue weighted by atomic mass is 16.8. The Morgan fingerprint density at radius 2 is 1.37 bits per heavy atom. The number of piperidine rings is 1. The van der Waals surface area contributed by atoms with E-state index in [9.17, 15) is 46.0 Å². The van der Waals surface area contributed by atoms with Crippen molar-refractivity contribution in [3.8, 4) is 0 Å². The van der Waals surface area contributed by atoms with Crippen LogP contribution in [0, 0.1) is 46.3 Å². The predicted molar refractivity (Wildman–Crippen MR) is 216 cm³/mol. The Morgan fingerprint density at radius 1 is 0.694 bits per heavy atom. The molecule has 0 aromatic rings. The number of nitrogens with one attached hydrogen (secondary N) is 1. The van der Waals surface area contributed by atoms with Gasteiger partial charge in [-0.3, -0.25) is 5.32 Å². The third-order valence-electron chi connectivity index (χ3n) is 17.9. The van der Waals surface area contributed by atoms with E-state index in [1.807, 2.05) is 0 Å². The first-order chi connectivity index (χ1) is 29.4. The molecule has 5 heterocycles. The van der Waals surface area contributed by atoms with Gasteiger partial charge in [0.2, 0.25) is 0 Å². The molecule has 17 nitrogen and oxygen atoms in total. The molecule has 1 spiro atoms. The van der Waals surface area contributed by atoms with E-state index in [-0.39, 0.29) is 28.8 Å². The zero-order valence-electron chi connectivity index (χ0n) is 36.7. The fourth-order valence-electron chi connectivity index (χ4n) is 14.2.